The van der Waals surface area contributed by atoms with Gasteiger partial charge in [-0.3, -0.25) is 0 Å². The van der Waals surface area contributed by atoms with E-state index in [0.29, 0.717) is 5.75 Å². The number of nitrogens with one attached hydrogen (secondary N) is 1. The van der Waals surface area contributed by atoms with Crippen LogP contribution in [-0.2, 0) is 0 Å². The maximum atomic E-state index is 9.91. The average Bonchev–Trinajstić information content (AvgIpc) is 2.46. The molecule has 0 aliphatic heterocycles. The summed E-state index contributed by atoms with van der Waals surface area (Å²) in [6.45, 7) is 2.09. The molecular weight excluding hydrogens is 238 g/mol. The van der Waals surface area contributed by atoms with Crippen LogP contribution in [0.4, 0.5) is 5.69 Å². The predicted octanol–water partition coefficient (Wildman–Crippen LogP) is 3.96. The molecule has 3 heteroatoms. The lowest BCUT2D eigenvalue weighted by Gasteiger charge is -2.20. The van der Waals surface area contributed by atoms with Gasteiger partial charge in [0, 0.05) is 11.3 Å². The van der Waals surface area contributed by atoms with Crippen molar-refractivity contribution >= 4 is 5.69 Å². The summed E-state index contributed by atoms with van der Waals surface area (Å²) < 4.78 is 5.14. The molecule has 0 heterocycles. The van der Waals surface area contributed by atoms with Gasteiger partial charge in [0.25, 0.3) is 0 Å². The number of benzene rings is 2. The molecule has 2 N–H and O–H groups in total. The summed E-state index contributed by atoms with van der Waals surface area (Å²) in [5, 5.41) is 13.3. The Balaban J connectivity index is 2.17. The van der Waals surface area contributed by atoms with Crippen LogP contribution < -0.4 is 10.1 Å². The Morgan fingerprint density at radius 3 is 2.37 bits per heavy atom. The number of phenols is 1. The van der Waals surface area contributed by atoms with E-state index in [0.717, 1.165) is 23.4 Å². The van der Waals surface area contributed by atoms with Crippen molar-refractivity contribution in [1.82, 2.24) is 0 Å². The minimum absolute atomic E-state index is 0.0922. The van der Waals surface area contributed by atoms with Gasteiger partial charge in [0.2, 0.25) is 0 Å². The monoisotopic (exact) mass is 257 g/mol. The van der Waals surface area contributed by atoms with Crippen molar-refractivity contribution in [3.8, 4) is 11.5 Å². The fraction of sp³-hybridized carbons (Fsp3) is 0.250. The molecule has 0 spiro atoms. The number of hydrogen-bond acceptors (Lipinski definition) is 3. The standard InChI is InChI=1S/C16H19NO2/c1-3-15(14-6-4-5-7-16(14)18)17-12-8-10-13(19-2)11-9-12/h4-11,15,17-18H,3H2,1-2H3. The fourth-order valence-electron chi connectivity index (χ4n) is 2.07. The molecule has 0 aliphatic carbocycles. The Hall–Kier alpha value is -2.16. The van der Waals surface area contributed by atoms with Crippen molar-refractivity contribution in [2.45, 2.75) is 19.4 Å². The maximum absolute atomic E-state index is 9.91. The molecule has 2 aromatic carbocycles. The third kappa shape index (κ3) is 3.19. The molecule has 2 aromatic rings. The van der Waals surface area contributed by atoms with Crippen molar-refractivity contribution in [2.75, 3.05) is 12.4 Å². The molecule has 100 valence electrons. The molecular formula is C16H19NO2. The summed E-state index contributed by atoms with van der Waals surface area (Å²) in [6.07, 6.45) is 0.892. The number of phenolic OH excluding ortho intramolecular Hbond substituents is 1. The van der Waals surface area contributed by atoms with E-state index in [2.05, 4.69) is 12.2 Å². The van der Waals surface area contributed by atoms with Gasteiger partial charge in [0.1, 0.15) is 11.5 Å². The van der Waals surface area contributed by atoms with Crippen molar-refractivity contribution in [3.05, 3.63) is 54.1 Å². The molecule has 0 aliphatic rings. The van der Waals surface area contributed by atoms with E-state index in [4.69, 9.17) is 4.74 Å². The minimum atomic E-state index is 0.0922. The molecule has 19 heavy (non-hydrogen) atoms. The van der Waals surface area contributed by atoms with Crippen molar-refractivity contribution < 1.29 is 9.84 Å². The summed E-state index contributed by atoms with van der Waals surface area (Å²) in [7, 11) is 1.65. The summed E-state index contributed by atoms with van der Waals surface area (Å²) in [6, 6.07) is 15.3. The summed E-state index contributed by atoms with van der Waals surface area (Å²) in [5.41, 5.74) is 1.93. The largest absolute Gasteiger partial charge is 0.508 e. The number of para-hydroxylation sites is 1. The Labute approximate surface area is 113 Å². The van der Waals surface area contributed by atoms with Gasteiger partial charge in [-0.25, -0.2) is 0 Å². The molecule has 3 nitrogen and oxygen atoms in total. The van der Waals surface area contributed by atoms with Crippen molar-refractivity contribution in [3.63, 3.8) is 0 Å². The van der Waals surface area contributed by atoms with Crippen LogP contribution in [0.3, 0.4) is 0 Å². The van der Waals surface area contributed by atoms with Crippen molar-refractivity contribution in [2.24, 2.45) is 0 Å². The van der Waals surface area contributed by atoms with Gasteiger partial charge in [0.15, 0.2) is 0 Å². The zero-order chi connectivity index (χ0) is 13.7. The van der Waals surface area contributed by atoms with E-state index in [1.807, 2.05) is 42.5 Å². The quantitative estimate of drug-likeness (QED) is 0.851. The molecule has 1 unspecified atom stereocenters. The number of hydrogen-bond donors (Lipinski definition) is 2. The molecule has 0 saturated heterocycles. The summed E-state index contributed by atoms with van der Waals surface area (Å²) in [4.78, 5) is 0. The van der Waals surface area contributed by atoms with Gasteiger partial charge in [-0.2, -0.15) is 0 Å². The van der Waals surface area contributed by atoms with Crippen molar-refractivity contribution in [1.29, 1.82) is 0 Å². The molecule has 2 rings (SSSR count). The second kappa shape index (κ2) is 6.14. The molecule has 0 aromatic heterocycles. The third-order valence-corrected chi connectivity index (χ3v) is 3.15. The first-order valence-corrected chi connectivity index (χ1v) is 6.43. The van der Waals surface area contributed by atoms with Crippen LogP contribution in [0.25, 0.3) is 0 Å². The Bertz CT molecular complexity index is 523. The highest BCUT2D eigenvalue weighted by atomic mass is 16.5. The van der Waals surface area contributed by atoms with Gasteiger partial charge in [-0.1, -0.05) is 25.1 Å². The lowest BCUT2D eigenvalue weighted by Crippen LogP contribution is -2.09. The van der Waals surface area contributed by atoms with Crippen LogP contribution in [-0.4, -0.2) is 12.2 Å². The highest BCUT2D eigenvalue weighted by Crippen LogP contribution is 2.29. The van der Waals surface area contributed by atoms with E-state index in [1.165, 1.54) is 0 Å². The van der Waals surface area contributed by atoms with E-state index in [9.17, 15) is 5.11 Å². The zero-order valence-electron chi connectivity index (χ0n) is 11.3. The number of ether oxygens (including phenoxy) is 1. The normalized spacial score (nSPS) is 11.9. The third-order valence-electron chi connectivity index (χ3n) is 3.15. The maximum Gasteiger partial charge on any atom is 0.120 e. The van der Waals surface area contributed by atoms with E-state index in [1.54, 1.807) is 13.2 Å². The molecule has 0 fully saturated rings. The topological polar surface area (TPSA) is 41.5 Å². The summed E-state index contributed by atoms with van der Waals surface area (Å²) in [5.74, 6) is 1.16. The van der Waals surface area contributed by atoms with E-state index >= 15 is 0 Å². The Morgan fingerprint density at radius 2 is 1.79 bits per heavy atom. The summed E-state index contributed by atoms with van der Waals surface area (Å²) >= 11 is 0. The molecule has 0 bridgehead atoms. The first-order valence-electron chi connectivity index (χ1n) is 6.43. The lowest BCUT2D eigenvalue weighted by molar-refractivity contribution is 0.415. The molecule has 0 radical (unpaired) electrons. The highest BCUT2D eigenvalue weighted by Gasteiger charge is 2.12. The smallest absolute Gasteiger partial charge is 0.120 e. The second-order valence-corrected chi connectivity index (χ2v) is 4.39. The zero-order valence-corrected chi connectivity index (χ0v) is 11.3. The average molecular weight is 257 g/mol. The highest BCUT2D eigenvalue weighted by molar-refractivity contribution is 5.49. The number of rotatable bonds is 5. The van der Waals surface area contributed by atoms with Crippen LogP contribution in [0.2, 0.25) is 0 Å². The van der Waals surface area contributed by atoms with E-state index in [-0.39, 0.29) is 6.04 Å². The van der Waals surface area contributed by atoms with Gasteiger partial charge >= 0.3 is 0 Å². The van der Waals surface area contributed by atoms with Gasteiger partial charge in [-0.05, 0) is 36.8 Å². The van der Waals surface area contributed by atoms with Gasteiger partial charge in [-0.15, -0.1) is 0 Å². The molecule has 0 amide bonds. The first kappa shape index (κ1) is 13.3. The lowest BCUT2D eigenvalue weighted by atomic mass is 10.0. The number of aromatic hydroxyl groups is 1. The SMILES string of the molecule is CCC(Nc1ccc(OC)cc1)c1ccccc1O. The Morgan fingerprint density at radius 1 is 1.11 bits per heavy atom. The molecule has 1 atom stereocenters. The molecule has 0 saturated carbocycles. The van der Waals surface area contributed by atoms with Gasteiger partial charge in [0.05, 0.1) is 13.2 Å². The second-order valence-electron chi connectivity index (χ2n) is 4.39. The number of methoxy groups -OCH3 is 1. The van der Waals surface area contributed by atoms with Crippen LogP contribution in [0.15, 0.2) is 48.5 Å². The van der Waals surface area contributed by atoms with Crippen LogP contribution >= 0.6 is 0 Å². The van der Waals surface area contributed by atoms with Gasteiger partial charge < -0.3 is 15.2 Å². The minimum Gasteiger partial charge on any atom is -0.508 e. The van der Waals surface area contributed by atoms with E-state index < -0.39 is 0 Å². The van der Waals surface area contributed by atoms with Crippen LogP contribution in [0.1, 0.15) is 24.9 Å². The van der Waals surface area contributed by atoms with Crippen LogP contribution in [0.5, 0.6) is 11.5 Å². The first-order chi connectivity index (χ1) is 9.24. The predicted molar refractivity (Wildman–Crippen MR) is 77.8 cm³/mol. The fourth-order valence-corrected chi connectivity index (χ4v) is 2.07. The Kier molecular flexibility index (Phi) is 4.29. The number of anilines is 1. The van der Waals surface area contributed by atoms with Crippen LogP contribution in [0, 0.1) is 0 Å².